The summed E-state index contributed by atoms with van der Waals surface area (Å²) in [6.07, 6.45) is 1.01. The SMILES string of the molecule is CCNC(=NCCCOc1ccccc1)NCCC(O)c1ccccc1. The fourth-order valence-corrected chi connectivity index (χ4v) is 2.47. The Labute approximate surface area is 156 Å². The maximum atomic E-state index is 10.2. The number of hydrogen-bond donors (Lipinski definition) is 3. The molecule has 2 rings (SSSR count). The molecule has 140 valence electrons. The summed E-state index contributed by atoms with van der Waals surface area (Å²) in [5.74, 6) is 1.66. The second-order valence-corrected chi connectivity index (χ2v) is 5.92. The van der Waals surface area contributed by atoms with Crippen molar-refractivity contribution >= 4 is 5.96 Å². The number of nitrogens with zero attached hydrogens (tertiary/aromatic N) is 1. The highest BCUT2D eigenvalue weighted by Gasteiger charge is 2.06. The van der Waals surface area contributed by atoms with Gasteiger partial charge in [-0.25, -0.2) is 0 Å². The van der Waals surface area contributed by atoms with Gasteiger partial charge < -0.3 is 20.5 Å². The molecular formula is C21H29N3O2. The van der Waals surface area contributed by atoms with Crippen LogP contribution in [0.15, 0.2) is 65.7 Å². The summed E-state index contributed by atoms with van der Waals surface area (Å²) >= 11 is 0. The van der Waals surface area contributed by atoms with Crippen LogP contribution in [-0.4, -0.2) is 37.3 Å². The van der Waals surface area contributed by atoms with Crippen molar-refractivity contribution in [3.05, 3.63) is 66.2 Å². The van der Waals surface area contributed by atoms with Crippen LogP contribution in [0.3, 0.4) is 0 Å². The second-order valence-electron chi connectivity index (χ2n) is 5.92. The first kappa shape index (κ1) is 19.8. The summed E-state index contributed by atoms with van der Waals surface area (Å²) < 4.78 is 5.67. The van der Waals surface area contributed by atoms with Crippen molar-refractivity contribution in [1.82, 2.24) is 10.6 Å². The molecule has 0 saturated carbocycles. The van der Waals surface area contributed by atoms with Crippen LogP contribution in [0.4, 0.5) is 0 Å². The van der Waals surface area contributed by atoms with Gasteiger partial charge in [0, 0.05) is 26.1 Å². The summed E-state index contributed by atoms with van der Waals surface area (Å²) in [4.78, 5) is 4.55. The number of ether oxygens (including phenoxy) is 1. The maximum absolute atomic E-state index is 10.2. The predicted octanol–water partition coefficient (Wildman–Crippen LogP) is 3.13. The molecule has 0 aliphatic rings. The van der Waals surface area contributed by atoms with Gasteiger partial charge in [-0.15, -0.1) is 0 Å². The molecule has 0 radical (unpaired) electrons. The third kappa shape index (κ3) is 7.57. The van der Waals surface area contributed by atoms with Crippen LogP contribution in [0.25, 0.3) is 0 Å². The predicted molar refractivity (Wildman–Crippen MR) is 107 cm³/mol. The lowest BCUT2D eigenvalue weighted by Crippen LogP contribution is -2.38. The van der Waals surface area contributed by atoms with E-state index in [0.29, 0.717) is 26.1 Å². The largest absolute Gasteiger partial charge is 0.494 e. The molecule has 2 aromatic carbocycles. The first-order valence-corrected chi connectivity index (χ1v) is 9.22. The van der Waals surface area contributed by atoms with Gasteiger partial charge in [-0.1, -0.05) is 48.5 Å². The van der Waals surface area contributed by atoms with Crippen LogP contribution in [0.2, 0.25) is 0 Å². The van der Waals surface area contributed by atoms with Gasteiger partial charge in [0.1, 0.15) is 5.75 Å². The molecule has 0 spiro atoms. The molecule has 1 atom stereocenters. The van der Waals surface area contributed by atoms with E-state index in [1.54, 1.807) is 0 Å². The Morgan fingerprint density at radius 1 is 1.04 bits per heavy atom. The lowest BCUT2D eigenvalue weighted by Gasteiger charge is -2.14. The first-order valence-electron chi connectivity index (χ1n) is 9.22. The standard InChI is InChI=1S/C21H29N3O2/c1-2-22-21(23-15-9-17-26-19-12-7-4-8-13-19)24-16-14-20(25)18-10-5-3-6-11-18/h3-8,10-13,20,25H,2,9,14-17H2,1H3,(H2,22,23,24). The lowest BCUT2D eigenvalue weighted by atomic mass is 10.1. The van der Waals surface area contributed by atoms with Crippen LogP contribution in [0.1, 0.15) is 31.4 Å². The van der Waals surface area contributed by atoms with Crippen LogP contribution in [-0.2, 0) is 0 Å². The number of nitrogens with one attached hydrogen (secondary N) is 2. The Balaban J connectivity index is 1.67. The molecule has 0 aliphatic carbocycles. The highest BCUT2D eigenvalue weighted by atomic mass is 16.5. The molecule has 0 amide bonds. The number of hydrogen-bond acceptors (Lipinski definition) is 3. The molecule has 0 fully saturated rings. The maximum Gasteiger partial charge on any atom is 0.191 e. The van der Waals surface area contributed by atoms with Crippen molar-refractivity contribution in [2.75, 3.05) is 26.2 Å². The van der Waals surface area contributed by atoms with E-state index in [4.69, 9.17) is 4.74 Å². The number of para-hydroxylation sites is 1. The van der Waals surface area contributed by atoms with Crippen molar-refractivity contribution in [3.8, 4) is 5.75 Å². The number of aliphatic hydroxyl groups excluding tert-OH is 1. The van der Waals surface area contributed by atoms with Crippen LogP contribution >= 0.6 is 0 Å². The molecule has 0 heterocycles. The minimum Gasteiger partial charge on any atom is -0.494 e. The second kappa shape index (κ2) is 11.9. The van der Waals surface area contributed by atoms with E-state index in [9.17, 15) is 5.11 Å². The fourth-order valence-electron chi connectivity index (χ4n) is 2.47. The van der Waals surface area contributed by atoms with Crippen molar-refractivity contribution in [3.63, 3.8) is 0 Å². The van der Waals surface area contributed by atoms with Crippen molar-refractivity contribution in [2.24, 2.45) is 4.99 Å². The van der Waals surface area contributed by atoms with E-state index in [1.807, 2.05) is 67.6 Å². The number of aliphatic hydroxyl groups is 1. The summed E-state index contributed by atoms with van der Waals surface area (Å²) in [6, 6.07) is 19.5. The minimum absolute atomic E-state index is 0.467. The highest BCUT2D eigenvalue weighted by Crippen LogP contribution is 2.14. The van der Waals surface area contributed by atoms with E-state index in [1.165, 1.54) is 0 Å². The van der Waals surface area contributed by atoms with E-state index >= 15 is 0 Å². The van der Waals surface area contributed by atoms with Gasteiger partial charge in [0.05, 0.1) is 12.7 Å². The van der Waals surface area contributed by atoms with E-state index in [2.05, 4.69) is 15.6 Å². The third-order valence-electron chi connectivity index (χ3n) is 3.82. The molecule has 0 aliphatic heterocycles. The van der Waals surface area contributed by atoms with E-state index in [0.717, 1.165) is 30.2 Å². The van der Waals surface area contributed by atoms with Crippen molar-refractivity contribution < 1.29 is 9.84 Å². The molecule has 5 heteroatoms. The Bertz CT molecular complexity index is 632. The summed E-state index contributed by atoms with van der Waals surface area (Å²) in [5, 5.41) is 16.7. The number of guanidine groups is 1. The summed E-state index contributed by atoms with van der Waals surface area (Å²) in [7, 11) is 0. The normalized spacial score (nSPS) is 12.5. The third-order valence-corrected chi connectivity index (χ3v) is 3.82. The topological polar surface area (TPSA) is 65.9 Å². The monoisotopic (exact) mass is 355 g/mol. The van der Waals surface area contributed by atoms with Crippen LogP contribution < -0.4 is 15.4 Å². The number of rotatable bonds is 10. The highest BCUT2D eigenvalue weighted by molar-refractivity contribution is 5.79. The van der Waals surface area contributed by atoms with Gasteiger partial charge in [0.2, 0.25) is 0 Å². The molecule has 0 saturated heterocycles. The van der Waals surface area contributed by atoms with Crippen LogP contribution in [0, 0.1) is 0 Å². The fraction of sp³-hybridized carbons (Fsp3) is 0.381. The van der Waals surface area contributed by atoms with E-state index in [-0.39, 0.29) is 0 Å². The van der Waals surface area contributed by atoms with Crippen molar-refractivity contribution in [2.45, 2.75) is 25.9 Å². The zero-order valence-corrected chi connectivity index (χ0v) is 15.4. The Morgan fingerprint density at radius 3 is 2.42 bits per heavy atom. The molecular weight excluding hydrogens is 326 g/mol. The van der Waals surface area contributed by atoms with Gasteiger partial charge in [-0.2, -0.15) is 0 Å². The Hall–Kier alpha value is -2.53. The zero-order valence-electron chi connectivity index (χ0n) is 15.4. The minimum atomic E-state index is -0.467. The smallest absolute Gasteiger partial charge is 0.191 e. The summed E-state index contributed by atoms with van der Waals surface area (Å²) in [6.45, 7) is 4.81. The van der Waals surface area contributed by atoms with Gasteiger partial charge in [-0.3, -0.25) is 4.99 Å². The van der Waals surface area contributed by atoms with Gasteiger partial charge in [-0.05, 0) is 31.0 Å². The van der Waals surface area contributed by atoms with Gasteiger partial charge >= 0.3 is 0 Å². The van der Waals surface area contributed by atoms with Gasteiger partial charge in [0.15, 0.2) is 5.96 Å². The molecule has 26 heavy (non-hydrogen) atoms. The zero-order chi connectivity index (χ0) is 18.5. The van der Waals surface area contributed by atoms with E-state index < -0.39 is 6.10 Å². The Kier molecular flexibility index (Phi) is 9.08. The quantitative estimate of drug-likeness (QED) is 0.348. The molecule has 1 unspecified atom stereocenters. The molecule has 5 nitrogen and oxygen atoms in total. The van der Waals surface area contributed by atoms with Gasteiger partial charge in [0.25, 0.3) is 0 Å². The molecule has 2 aromatic rings. The average molecular weight is 355 g/mol. The summed E-state index contributed by atoms with van der Waals surface area (Å²) in [5.41, 5.74) is 0.939. The number of aliphatic imine (C=N–C) groups is 1. The molecule has 0 bridgehead atoms. The van der Waals surface area contributed by atoms with Crippen LogP contribution in [0.5, 0.6) is 5.75 Å². The lowest BCUT2D eigenvalue weighted by molar-refractivity contribution is 0.168. The first-order chi connectivity index (χ1) is 12.8. The Morgan fingerprint density at radius 2 is 1.73 bits per heavy atom. The number of benzene rings is 2. The molecule has 3 N–H and O–H groups in total. The average Bonchev–Trinajstić information content (AvgIpc) is 2.69. The van der Waals surface area contributed by atoms with Crippen molar-refractivity contribution in [1.29, 1.82) is 0 Å². The molecule has 0 aromatic heterocycles.